The first kappa shape index (κ1) is 17.7. The van der Waals surface area contributed by atoms with Crippen molar-refractivity contribution in [3.63, 3.8) is 0 Å². The molecule has 1 aromatic heterocycles. The number of carbonyl (C=O) groups excluding carboxylic acids is 1. The lowest BCUT2D eigenvalue weighted by atomic mass is 10.2. The minimum Gasteiger partial charge on any atom is -0.465 e. The molecule has 1 N–H and O–H groups in total. The van der Waals surface area contributed by atoms with Gasteiger partial charge >= 0.3 is 5.97 Å². The van der Waals surface area contributed by atoms with Crippen LogP contribution in [0.15, 0.2) is 65.7 Å². The van der Waals surface area contributed by atoms with Gasteiger partial charge in [-0.3, -0.25) is 4.72 Å². The summed E-state index contributed by atoms with van der Waals surface area (Å²) in [4.78, 5) is 11.5. The first-order chi connectivity index (χ1) is 12.4. The molecule has 0 fully saturated rings. The molecule has 0 spiro atoms. The third kappa shape index (κ3) is 3.60. The van der Waals surface area contributed by atoms with Gasteiger partial charge in [-0.15, -0.1) is 0 Å². The molecule has 0 aliphatic rings. The van der Waals surface area contributed by atoms with Crippen LogP contribution in [-0.2, 0) is 14.8 Å². The van der Waals surface area contributed by atoms with E-state index in [1.165, 1.54) is 42.3 Å². The van der Waals surface area contributed by atoms with E-state index in [0.717, 1.165) is 5.69 Å². The smallest absolute Gasteiger partial charge is 0.337 e. The van der Waals surface area contributed by atoms with E-state index in [9.17, 15) is 13.2 Å². The molecule has 7 nitrogen and oxygen atoms in total. The maximum atomic E-state index is 12.7. The van der Waals surface area contributed by atoms with Crippen LogP contribution in [0.25, 0.3) is 5.69 Å². The highest BCUT2D eigenvalue weighted by molar-refractivity contribution is 7.92. The molecule has 0 aliphatic carbocycles. The number of benzene rings is 2. The number of aryl methyl sites for hydroxylation is 1. The Morgan fingerprint density at radius 1 is 1.08 bits per heavy atom. The summed E-state index contributed by atoms with van der Waals surface area (Å²) in [6.45, 7) is 1.63. The zero-order valence-electron chi connectivity index (χ0n) is 14.2. The maximum Gasteiger partial charge on any atom is 0.337 e. The molecular weight excluding hydrogens is 354 g/mol. The predicted octanol–water partition coefficient (Wildman–Crippen LogP) is 2.77. The molecule has 3 aromatic rings. The highest BCUT2D eigenvalue weighted by Gasteiger charge is 2.21. The Balaban J connectivity index is 1.87. The number of anilines is 1. The number of methoxy groups -OCH3 is 1. The number of hydrogen-bond acceptors (Lipinski definition) is 5. The molecular formula is C18H17N3O4S. The van der Waals surface area contributed by atoms with Crippen molar-refractivity contribution in [3.05, 3.63) is 72.1 Å². The van der Waals surface area contributed by atoms with E-state index in [4.69, 9.17) is 0 Å². The number of esters is 1. The minimum absolute atomic E-state index is 0.0818. The summed E-state index contributed by atoms with van der Waals surface area (Å²) < 4.78 is 34.0. The lowest BCUT2D eigenvalue weighted by Crippen LogP contribution is -2.13. The van der Waals surface area contributed by atoms with Crippen LogP contribution < -0.4 is 4.72 Å². The van der Waals surface area contributed by atoms with E-state index >= 15 is 0 Å². The second-order valence-corrected chi connectivity index (χ2v) is 7.18. The zero-order valence-corrected chi connectivity index (χ0v) is 15.0. The number of hydrogen-bond donors (Lipinski definition) is 1. The number of para-hydroxylation sites is 1. The maximum absolute atomic E-state index is 12.7. The van der Waals surface area contributed by atoms with Gasteiger partial charge in [0.2, 0.25) is 0 Å². The standard InChI is InChI=1S/C18H17N3O4S/c1-13-17(12-21(19-13)16-6-4-3-5-7-16)26(23,24)20-15-10-8-14(9-11-15)18(22)25-2/h3-12,20H,1-2H3. The van der Waals surface area contributed by atoms with E-state index in [-0.39, 0.29) is 4.90 Å². The van der Waals surface area contributed by atoms with Crippen LogP contribution >= 0.6 is 0 Å². The fraction of sp³-hybridized carbons (Fsp3) is 0.111. The molecule has 0 saturated heterocycles. The molecule has 3 rings (SSSR count). The van der Waals surface area contributed by atoms with Crippen LogP contribution in [0, 0.1) is 6.92 Å². The quantitative estimate of drug-likeness (QED) is 0.697. The molecule has 0 saturated carbocycles. The summed E-state index contributed by atoms with van der Waals surface area (Å²) in [6, 6.07) is 15.2. The first-order valence-corrected chi connectivity index (χ1v) is 9.22. The molecule has 0 aliphatic heterocycles. The van der Waals surface area contributed by atoms with Crippen molar-refractivity contribution in [2.75, 3.05) is 11.8 Å². The van der Waals surface area contributed by atoms with Crippen LogP contribution in [0.4, 0.5) is 5.69 Å². The molecule has 2 aromatic carbocycles. The molecule has 26 heavy (non-hydrogen) atoms. The summed E-state index contributed by atoms with van der Waals surface area (Å²) >= 11 is 0. The second-order valence-electron chi connectivity index (χ2n) is 5.53. The second kappa shape index (κ2) is 7.01. The summed E-state index contributed by atoms with van der Waals surface area (Å²) in [5, 5.41) is 4.27. The number of ether oxygens (including phenoxy) is 1. The van der Waals surface area contributed by atoms with Crippen LogP contribution in [-0.4, -0.2) is 31.3 Å². The Morgan fingerprint density at radius 3 is 2.35 bits per heavy atom. The minimum atomic E-state index is -3.82. The average Bonchev–Trinajstić information content (AvgIpc) is 3.05. The number of sulfonamides is 1. The molecule has 1 heterocycles. The van der Waals surface area contributed by atoms with Gasteiger partial charge in [-0.2, -0.15) is 5.10 Å². The highest BCUT2D eigenvalue weighted by atomic mass is 32.2. The number of nitrogens with zero attached hydrogens (tertiary/aromatic N) is 2. The Morgan fingerprint density at radius 2 is 1.73 bits per heavy atom. The van der Waals surface area contributed by atoms with Gasteiger partial charge in [0.1, 0.15) is 4.90 Å². The van der Waals surface area contributed by atoms with Crippen molar-refractivity contribution >= 4 is 21.7 Å². The third-order valence-corrected chi connectivity index (χ3v) is 5.21. The Bertz CT molecular complexity index is 1030. The third-order valence-electron chi connectivity index (χ3n) is 3.72. The van der Waals surface area contributed by atoms with E-state index in [1.807, 2.05) is 30.3 Å². The van der Waals surface area contributed by atoms with Crippen molar-refractivity contribution in [2.45, 2.75) is 11.8 Å². The summed E-state index contributed by atoms with van der Waals surface area (Å²) in [6.07, 6.45) is 1.47. The monoisotopic (exact) mass is 371 g/mol. The fourth-order valence-electron chi connectivity index (χ4n) is 2.42. The number of carbonyl (C=O) groups is 1. The van der Waals surface area contributed by atoms with E-state index in [1.54, 1.807) is 6.92 Å². The Kier molecular flexibility index (Phi) is 4.77. The van der Waals surface area contributed by atoms with Crippen molar-refractivity contribution in [3.8, 4) is 5.69 Å². The highest BCUT2D eigenvalue weighted by Crippen LogP contribution is 2.21. The summed E-state index contributed by atoms with van der Waals surface area (Å²) in [5.41, 5.74) is 1.82. The van der Waals surface area contributed by atoms with Crippen molar-refractivity contribution in [1.82, 2.24) is 9.78 Å². The van der Waals surface area contributed by atoms with Gasteiger partial charge in [0, 0.05) is 5.69 Å². The molecule has 0 unspecified atom stereocenters. The predicted molar refractivity (Wildman–Crippen MR) is 96.9 cm³/mol. The van der Waals surface area contributed by atoms with Gasteiger partial charge in [0.15, 0.2) is 0 Å². The van der Waals surface area contributed by atoms with Crippen molar-refractivity contribution < 1.29 is 17.9 Å². The molecule has 8 heteroatoms. The lowest BCUT2D eigenvalue weighted by Gasteiger charge is -2.07. The summed E-state index contributed by atoms with van der Waals surface area (Å²) in [5.74, 6) is -0.487. The largest absolute Gasteiger partial charge is 0.465 e. The van der Waals surface area contributed by atoms with Gasteiger partial charge in [-0.05, 0) is 43.3 Å². The van der Waals surface area contributed by atoms with Crippen LogP contribution in [0.3, 0.4) is 0 Å². The van der Waals surface area contributed by atoms with Gasteiger partial charge in [0.05, 0.1) is 30.3 Å². The van der Waals surface area contributed by atoms with E-state index in [2.05, 4.69) is 14.6 Å². The van der Waals surface area contributed by atoms with Crippen LogP contribution in [0.1, 0.15) is 16.1 Å². The summed E-state index contributed by atoms with van der Waals surface area (Å²) in [7, 11) is -2.54. The Hall–Kier alpha value is -3.13. The number of nitrogens with one attached hydrogen (secondary N) is 1. The van der Waals surface area contributed by atoms with Gasteiger partial charge in [-0.25, -0.2) is 17.9 Å². The lowest BCUT2D eigenvalue weighted by molar-refractivity contribution is 0.0601. The number of rotatable bonds is 5. The zero-order chi connectivity index (χ0) is 18.7. The molecule has 134 valence electrons. The average molecular weight is 371 g/mol. The van der Waals surface area contributed by atoms with Gasteiger partial charge in [0.25, 0.3) is 10.0 Å². The molecule has 0 atom stereocenters. The van der Waals surface area contributed by atoms with E-state index < -0.39 is 16.0 Å². The fourth-order valence-corrected chi connectivity index (χ4v) is 3.65. The number of aromatic nitrogens is 2. The van der Waals surface area contributed by atoms with Crippen LogP contribution in [0.5, 0.6) is 0 Å². The first-order valence-electron chi connectivity index (χ1n) is 7.73. The normalized spacial score (nSPS) is 11.2. The molecule has 0 amide bonds. The molecule has 0 bridgehead atoms. The molecule has 0 radical (unpaired) electrons. The van der Waals surface area contributed by atoms with Gasteiger partial charge < -0.3 is 4.74 Å². The van der Waals surface area contributed by atoms with E-state index in [0.29, 0.717) is 16.9 Å². The van der Waals surface area contributed by atoms with Crippen molar-refractivity contribution in [2.24, 2.45) is 0 Å². The van der Waals surface area contributed by atoms with Crippen LogP contribution in [0.2, 0.25) is 0 Å². The van der Waals surface area contributed by atoms with Gasteiger partial charge in [-0.1, -0.05) is 18.2 Å². The van der Waals surface area contributed by atoms with Crippen molar-refractivity contribution in [1.29, 1.82) is 0 Å². The topological polar surface area (TPSA) is 90.3 Å². The Labute approximate surface area is 151 Å². The SMILES string of the molecule is COC(=O)c1ccc(NS(=O)(=O)c2cn(-c3ccccc3)nc2C)cc1.